The number of nitrogens with one attached hydrogen (secondary N) is 1. The van der Waals surface area contributed by atoms with Crippen molar-refractivity contribution < 1.29 is 19.6 Å². The SMILES string of the molecule is O=C1C(/C=C/c2nc(O)c([N+](=O)[O-])c(=O)[nH]2)=CO[C@H]2C=CC=C[C@@H]12. The van der Waals surface area contributed by atoms with Crippen LogP contribution in [0.5, 0.6) is 5.88 Å². The van der Waals surface area contributed by atoms with Gasteiger partial charge in [-0.25, -0.2) is 0 Å². The van der Waals surface area contributed by atoms with Gasteiger partial charge in [0, 0.05) is 0 Å². The minimum absolute atomic E-state index is 0.127. The summed E-state index contributed by atoms with van der Waals surface area (Å²) in [7, 11) is 0. The Balaban J connectivity index is 1.86. The Morgan fingerprint density at radius 2 is 2.04 bits per heavy atom. The van der Waals surface area contributed by atoms with Crippen molar-refractivity contribution in [1.82, 2.24) is 9.97 Å². The van der Waals surface area contributed by atoms with Crippen LogP contribution in [-0.2, 0) is 9.53 Å². The summed E-state index contributed by atoms with van der Waals surface area (Å²) in [6, 6.07) is 0. The van der Waals surface area contributed by atoms with Gasteiger partial charge in [0.25, 0.3) is 5.88 Å². The number of ketones is 1. The van der Waals surface area contributed by atoms with Gasteiger partial charge in [0.15, 0.2) is 5.78 Å². The normalized spacial score (nSPS) is 22.2. The van der Waals surface area contributed by atoms with E-state index in [0.29, 0.717) is 0 Å². The first-order valence-electron chi connectivity index (χ1n) is 6.88. The number of fused-ring (bicyclic) bond motifs is 1. The fourth-order valence-electron chi connectivity index (χ4n) is 2.36. The second kappa shape index (κ2) is 5.95. The summed E-state index contributed by atoms with van der Waals surface area (Å²) in [6.45, 7) is 0. The van der Waals surface area contributed by atoms with Gasteiger partial charge in [-0.1, -0.05) is 18.2 Å². The topological polar surface area (TPSA) is 135 Å². The summed E-state index contributed by atoms with van der Waals surface area (Å²) < 4.78 is 5.45. The van der Waals surface area contributed by atoms with Crippen LogP contribution in [0.25, 0.3) is 6.08 Å². The minimum Gasteiger partial charge on any atom is -0.492 e. The van der Waals surface area contributed by atoms with Crippen molar-refractivity contribution in [3.63, 3.8) is 0 Å². The lowest BCUT2D eigenvalue weighted by atomic mass is 9.88. The van der Waals surface area contributed by atoms with Crippen molar-refractivity contribution in [3.8, 4) is 5.88 Å². The molecule has 2 aliphatic rings. The summed E-state index contributed by atoms with van der Waals surface area (Å²) in [5.41, 5.74) is -1.88. The third-order valence-electron chi connectivity index (χ3n) is 3.52. The highest BCUT2D eigenvalue weighted by atomic mass is 16.6. The highest BCUT2D eigenvalue weighted by Gasteiger charge is 2.31. The van der Waals surface area contributed by atoms with Crippen LogP contribution in [0, 0.1) is 16.0 Å². The van der Waals surface area contributed by atoms with Gasteiger partial charge in [0.2, 0.25) is 0 Å². The number of nitro groups is 1. The Labute approximate surface area is 134 Å². The van der Waals surface area contributed by atoms with Crippen LogP contribution in [0.3, 0.4) is 0 Å². The van der Waals surface area contributed by atoms with Crippen LogP contribution in [0.4, 0.5) is 5.69 Å². The first-order chi connectivity index (χ1) is 11.5. The van der Waals surface area contributed by atoms with E-state index < -0.39 is 28.0 Å². The number of aromatic hydroxyl groups is 1. The molecular weight excluding hydrogens is 318 g/mol. The number of carbonyl (C=O) groups is 1. The standard InChI is InChI=1S/C15H11N3O6/c19-13-8(7-24-10-4-2-1-3-9(10)13)5-6-11-16-14(20)12(18(22)23)15(21)17-11/h1-7,9-10H,(H2,16,17,20,21)/b6-5+/t9-,10+/m1/s1. The monoisotopic (exact) mass is 329 g/mol. The lowest BCUT2D eigenvalue weighted by molar-refractivity contribution is -0.387. The quantitative estimate of drug-likeness (QED) is 0.623. The highest BCUT2D eigenvalue weighted by Crippen LogP contribution is 2.26. The van der Waals surface area contributed by atoms with Gasteiger partial charge < -0.3 is 14.8 Å². The number of aromatic nitrogens is 2. The first kappa shape index (κ1) is 15.4. The van der Waals surface area contributed by atoms with E-state index in [1.807, 2.05) is 0 Å². The van der Waals surface area contributed by atoms with Gasteiger partial charge in [0.05, 0.1) is 22.7 Å². The van der Waals surface area contributed by atoms with Crippen molar-refractivity contribution in [2.45, 2.75) is 6.10 Å². The Hall–Kier alpha value is -3.49. The van der Waals surface area contributed by atoms with E-state index >= 15 is 0 Å². The Kier molecular flexibility index (Phi) is 3.82. The smallest absolute Gasteiger partial charge is 0.395 e. The van der Waals surface area contributed by atoms with Crippen LogP contribution >= 0.6 is 0 Å². The molecule has 1 aromatic rings. The highest BCUT2D eigenvalue weighted by molar-refractivity contribution is 6.02. The third-order valence-corrected chi connectivity index (χ3v) is 3.52. The molecule has 0 bridgehead atoms. The number of carbonyl (C=O) groups excluding carboxylic acids is 1. The van der Waals surface area contributed by atoms with E-state index in [0.717, 1.165) is 0 Å². The zero-order chi connectivity index (χ0) is 17.3. The average Bonchev–Trinajstić information content (AvgIpc) is 2.53. The van der Waals surface area contributed by atoms with E-state index in [1.165, 1.54) is 18.4 Å². The molecule has 0 aromatic carbocycles. The summed E-state index contributed by atoms with van der Waals surface area (Å²) >= 11 is 0. The predicted molar refractivity (Wildman–Crippen MR) is 81.9 cm³/mol. The molecule has 2 N–H and O–H groups in total. The molecule has 0 saturated carbocycles. The molecule has 1 aliphatic heterocycles. The Morgan fingerprint density at radius 3 is 2.75 bits per heavy atom. The fraction of sp³-hybridized carbons (Fsp3) is 0.133. The molecular formula is C15H11N3O6. The van der Waals surface area contributed by atoms with Crippen molar-refractivity contribution in [2.75, 3.05) is 0 Å². The van der Waals surface area contributed by atoms with Crippen molar-refractivity contribution in [3.05, 3.63) is 68.5 Å². The van der Waals surface area contributed by atoms with Gasteiger partial charge in [-0.3, -0.25) is 19.7 Å². The predicted octanol–water partition coefficient (Wildman–Crippen LogP) is 0.991. The van der Waals surface area contributed by atoms with Crippen LogP contribution in [0.15, 0.2) is 47.0 Å². The second-order valence-corrected chi connectivity index (χ2v) is 5.05. The molecule has 0 unspecified atom stereocenters. The zero-order valence-corrected chi connectivity index (χ0v) is 12.1. The van der Waals surface area contributed by atoms with Crippen LogP contribution in [0.2, 0.25) is 0 Å². The molecule has 9 heteroatoms. The molecule has 1 aromatic heterocycles. The van der Waals surface area contributed by atoms with Gasteiger partial charge >= 0.3 is 11.2 Å². The van der Waals surface area contributed by atoms with E-state index in [4.69, 9.17) is 4.74 Å². The molecule has 1 aliphatic carbocycles. The van der Waals surface area contributed by atoms with E-state index in [-0.39, 0.29) is 23.3 Å². The molecule has 0 radical (unpaired) electrons. The lowest BCUT2D eigenvalue weighted by Crippen LogP contribution is -2.32. The summed E-state index contributed by atoms with van der Waals surface area (Å²) in [4.78, 5) is 39.1. The first-order valence-corrected chi connectivity index (χ1v) is 6.88. The summed E-state index contributed by atoms with van der Waals surface area (Å²) in [5, 5.41) is 20.1. The molecule has 0 spiro atoms. The number of hydrogen-bond acceptors (Lipinski definition) is 7. The average molecular weight is 329 g/mol. The number of nitrogens with zero attached hydrogens (tertiary/aromatic N) is 2. The van der Waals surface area contributed by atoms with Gasteiger partial charge in [-0.2, -0.15) is 4.98 Å². The molecule has 122 valence electrons. The Bertz CT molecular complexity index is 893. The molecule has 2 heterocycles. The van der Waals surface area contributed by atoms with Gasteiger partial charge in [-0.15, -0.1) is 0 Å². The summed E-state index contributed by atoms with van der Waals surface area (Å²) in [5.74, 6) is -1.73. The van der Waals surface area contributed by atoms with Crippen molar-refractivity contribution >= 4 is 17.5 Å². The number of hydrogen-bond donors (Lipinski definition) is 2. The zero-order valence-electron chi connectivity index (χ0n) is 12.1. The van der Waals surface area contributed by atoms with Gasteiger partial charge in [0.1, 0.15) is 11.9 Å². The summed E-state index contributed by atoms with van der Waals surface area (Å²) in [6.07, 6.45) is 10.6. The third kappa shape index (κ3) is 2.74. The van der Waals surface area contributed by atoms with Crippen LogP contribution in [0.1, 0.15) is 5.82 Å². The van der Waals surface area contributed by atoms with E-state index in [9.17, 15) is 24.8 Å². The molecule has 0 fully saturated rings. The maximum Gasteiger partial charge on any atom is 0.395 e. The largest absolute Gasteiger partial charge is 0.492 e. The number of H-pyrrole nitrogens is 1. The lowest BCUT2D eigenvalue weighted by Gasteiger charge is -2.27. The minimum atomic E-state index is -1.09. The van der Waals surface area contributed by atoms with Crippen LogP contribution in [-0.4, -0.2) is 31.9 Å². The molecule has 9 nitrogen and oxygen atoms in total. The molecule has 24 heavy (non-hydrogen) atoms. The van der Waals surface area contributed by atoms with E-state index in [1.54, 1.807) is 24.3 Å². The molecule has 3 rings (SSSR count). The van der Waals surface area contributed by atoms with Gasteiger partial charge in [-0.05, 0) is 18.2 Å². The number of ether oxygens (including phenoxy) is 1. The maximum absolute atomic E-state index is 12.3. The number of allylic oxidation sites excluding steroid dienone is 4. The van der Waals surface area contributed by atoms with Crippen LogP contribution < -0.4 is 5.56 Å². The van der Waals surface area contributed by atoms with Crippen molar-refractivity contribution in [1.29, 1.82) is 0 Å². The maximum atomic E-state index is 12.3. The van der Waals surface area contributed by atoms with E-state index in [2.05, 4.69) is 9.97 Å². The number of Topliss-reactive ketones (excluding diaryl/α,β-unsaturated/α-hetero) is 1. The molecule has 2 atom stereocenters. The number of aromatic amines is 1. The van der Waals surface area contributed by atoms with Crippen molar-refractivity contribution in [2.24, 2.45) is 5.92 Å². The second-order valence-electron chi connectivity index (χ2n) is 5.05. The molecule has 0 amide bonds. The number of rotatable bonds is 3. The molecule has 0 saturated heterocycles. The fourth-order valence-corrected chi connectivity index (χ4v) is 2.36. The Morgan fingerprint density at radius 1 is 1.29 bits per heavy atom.